The van der Waals surface area contributed by atoms with E-state index in [-0.39, 0.29) is 0 Å². The highest BCUT2D eigenvalue weighted by Gasteiger charge is 2.15. The lowest BCUT2D eigenvalue weighted by atomic mass is 10.0. The van der Waals surface area contributed by atoms with Gasteiger partial charge in [0.25, 0.3) is 0 Å². The van der Waals surface area contributed by atoms with Crippen molar-refractivity contribution in [3.05, 3.63) is 66.4 Å². The minimum Gasteiger partial charge on any atom is -0.222 e. The lowest BCUT2D eigenvalue weighted by Crippen LogP contribution is -2.68. The molecule has 22 heavy (non-hydrogen) atoms. The molecule has 0 amide bonds. The fourth-order valence-electron chi connectivity index (χ4n) is 2.07. The topological polar surface area (TPSA) is 104 Å². The molecule has 0 saturated heterocycles. The number of hydrogen-bond donors (Lipinski definition) is 0. The summed E-state index contributed by atoms with van der Waals surface area (Å²) in [6, 6.07) is 20.6. The third-order valence-corrected chi connectivity index (χ3v) is 2.95. The Balaban J connectivity index is 0.000000309. The second-order valence-electron chi connectivity index (χ2n) is 4.50. The number of halogens is 1. The van der Waals surface area contributed by atoms with Crippen LogP contribution in [0.1, 0.15) is 5.76 Å². The normalized spacial score (nSPS) is 11.0. The summed E-state index contributed by atoms with van der Waals surface area (Å²) in [6.07, 6.45) is 0. The summed E-state index contributed by atoms with van der Waals surface area (Å²) in [7, 11) is -4.94. The molecule has 1 aromatic heterocycles. The van der Waals surface area contributed by atoms with Gasteiger partial charge in [0, 0.05) is 6.07 Å². The van der Waals surface area contributed by atoms with Gasteiger partial charge in [-0.3, -0.25) is 0 Å². The third-order valence-electron chi connectivity index (χ3n) is 2.95. The summed E-state index contributed by atoms with van der Waals surface area (Å²) >= 11 is 0. The number of para-hydroxylation sites is 1. The Morgan fingerprint density at radius 3 is 2.00 bits per heavy atom. The Morgan fingerprint density at radius 2 is 1.36 bits per heavy atom. The van der Waals surface area contributed by atoms with Crippen molar-refractivity contribution >= 4 is 11.0 Å². The van der Waals surface area contributed by atoms with Crippen LogP contribution in [0.5, 0.6) is 0 Å². The number of aryl methyl sites for hydroxylation is 1. The Kier molecular flexibility index (Phi) is 5.07. The van der Waals surface area contributed by atoms with Gasteiger partial charge >= 0.3 is 11.3 Å². The van der Waals surface area contributed by atoms with Crippen molar-refractivity contribution in [1.82, 2.24) is 0 Å². The Hall–Kier alpha value is -2.02. The van der Waals surface area contributed by atoms with Gasteiger partial charge in [-0.25, -0.2) is 23.1 Å². The molecule has 0 N–H and O–H groups in total. The van der Waals surface area contributed by atoms with Gasteiger partial charge in [-0.15, -0.1) is 10.2 Å². The van der Waals surface area contributed by atoms with Crippen molar-refractivity contribution in [2.24, 2.45) is 0 Å². The zero-order chi connectivity index (χ0) is 16.2. The predicted octanol–water partition coefficient (Wildman–Crippen LogP) is -0.0667. The number of fused-ring (bicyclic) bond motifs is 1. The van der Waals surface area contributed by atoms with Crippen LogP contribution >= 0.6 is 0 Å². The zero-order valence-corrected chi connectivity index (χ0v) is 12.4. The molecule has 3 aromatic rings. The van der Waals surface area contributed by atoms with Crippen molar-refractivity contribution in [3.8, 4) is 11.1 Å². The van der Waals surface area contributed by atoms with E-state index in [1.54, 1.807) is 0 Å². The molecule has 1 heterocycles. The molecule has 3 rings (SSSR count). The molecule has 0 atom stereocenters. The minimum absolute atomic E-state index is 0.935. The van der Waals surface area contributed by atoms with E-state index >= 15 is 0 Å². The maximum Gasteiger partial charge on any atom is 0.360 e. The SMILES string of the molecule is Cc1[o+]c2ccccc2cc1-c1ccccc1.[O-][Cl+3]([O-])([O-])[O-]. The van der Waals surface area contributed by atoms with E-state index in [2.05, 4.69) is 24.3 Å². The van der Waals surface area contributed by atoms with E-state index in [4.69, 9.17) is 23.1 Å². The van der Waals surface area contributed by atoms with Gasteiger partial charge in [0.05, 0.1) is 17.9 Å². The van der Waals surface area contributed by atoms with Crippen LogP contribution in [0.2, 0.25) is 0 Å². The Morgan fingerprint density at radius 1 is 0.818 bits per heavy atom. The van der Waals surface area contributed by atoms with Crippen LogP contribution in [0.15, 0.2) is 65.1 Å². The molecule has 0 bridgehead atoms. The van der Waals surface area contributed by atoms with Gasteiger partial charge in [-0.2, -0.15) is 0 Å². The number of hydrogen-bond acceptors (Lipinski definition) is 4. The first-order valence-corrected chi connectivity index (χ1v) is 7.58. The highest BCUT2D eigenvalue weighted by Crippen LogP contribution is 2.27. The van der Waals surface area contributed by atoms with E-state index in [1.165, 1.54) is 5.56 Å². The van der Waals surface area contributed by atoms with E-state index < -0.39 is 10.2 Å². The lowest BCUT2D eigenvalue weighted by molar-refractivity contribution is -2.00. The van der Waals surface area contributed by atoms with Gasteiger partial charge in [-0.05, 0) is 17.7 Å². The zero-order valence-electron chi connectivity index (χ0n) is 11.7. The summed E-state index contributed by atoms with van der Waals surface area (Å²) in [4.78, 5) is 0. The minimum atomic E-state index is -4.94. The second-order valence-corrected chi connectivity index (χ2v) is 5.25. The predicted molar refractivity (Wildman–Crippen MR) is 70.8 cm³/mol. The van der Waals surface area contributed by atoms with Crippen molar-refractivity contribution in [2.45, 2.75) is 6.92 Å². The first-order valence-electron chi connectivity index (χ1n) is 6.34. The summed E-state index contributed by atoms with van der Waals surface area (Å²) in [5.74, 6) is 0.954. The van der Waals surface area contributed by atoms with Gasteiger partial charge in [0.1, 0.15) is 0 Å². The third kappa shape index (κ3) is 4.77. The Bertz CT molecular complexity index is 747. The van der Waals surface area contributed by atoms with Crippen molar-refractivity contribution in [2.75, 3.05) is 0 Å². The van der Waals surface area contributed by atoms with Crippen LogP contribution in [0.4, 0.5) is 0 Å². The lowest BCUT2D eigenvalue weighted by Gasteiger charge is -2.17. The van der Waals surface area contributed by atoms with Crippen molar-refractivity contribution in [1.29, 1.82) is 0 Å². The molecule has 114 valence electrons. The fourth-order valence-corrected chi connectivity index (χ4v) is 2.07. The molecule has 6 heteroatoms. The molecule has 0 fully saturated rings. The molecule has 0 radical (unpaired) electrons. The molecule has 2 aromatic carbocycles. The maximum absolute atomic E-state index is 8.49. The molecule has 0 saturated carbocycles. The standard InChI is InChI=1S/C16H13O.ClHO4/c1-12-15(13-7-3-2-4-8-13)11-14-9-5-6-10-16(14)17-12;2-1(3,4)5/h2-11H,1H3;(H,2,3,4,5)/q+1;/p-1. The number of rotatable bonds is 1. The largest absolute Gasteiger partial charge is 0.360 e. The van der Waals surface area contributed by atoms with Crippen LogP contribution in [0.3, 0.4) is 0 Å². The fraction of sp³-hybridized carbons (Fsp3) is 0.0625. The first kappa shape index (κ1) is 16.4. The van der Waals surface area contributed by atoms with Crippen molar-refractivity contribution in [3.63, 3.8) is 0 Å². The Labute approximate surface area is 129 Å². The molecule has 0 aliphatic carbocycles. The molecule has 0 spiro atoms. The van der Waals surface area contributed by atoms with Crippen LogP contribution < -0.4 is 18.6 Å². The molecular weight excluding hydrogens is 308 g/mol. The van der Waals surface area contributed by atoms with E-state index in [1.807, 2.05) is 43.3 Å². The molecule has 0 unspecified atom stereocenters. The molecular formula is C16H13ClO5. The van der Waals surface area contributed by atoms with Crippen LogP contribution in [-0.2, 0) is 0 Å². The summed E-state index contributed by atoms with van der Waals surface area (Å²) in [5.41, 5.74) is 3.29. The van der Waals surface area contributed by atoms with E-state index in [9.17, 15) is 0 Å². The number of benzene rings is 2. The smallest absolute Gasteiger partial charge is 0.222 e. The van der Waals surface area contributed by atoms with Crippen LogP contribution in [0, 0.1) is 17.2 Å². The summed E-state index contributed by atoms with van der Waals surface area (Å²) in [6.45, 7) is 2.01. The summed E-state index contributed by atoms with van der Waals surface area (Å²) < 4.78 is 39.8. The van der Waals surface area contributed by atoms with Gasteiger partial charge < -0.3 is 0 Å². The monoisotopic (exact) mass is 320 g/mol. The maximum atomic E-state index is 8.49. The average Bonchev–Trinajstić information content (AvgIpc) is 2.46. The van der Waals surface area contributed by atoms with Crippen LogP contribution in [-0.4, -0.2) is 0 Å². The average molecular weight is 321 g/mol. The van der Waals surface area contributed by atoms with Crippen molar-refractivity contribution < 1.29 is 33.3 Å². The second kappa shape index (κ2) is 6.83. The van der Waals surface area contributed by atoms with Gasteiger partial charge in [-0.1, -0.05) is 42.5 Å². The van der Waals surface area contributed by atoms with E-state index in [0.29, 0.717) is 0 Å². The summed E-state index contributed by atoms with van der Waals surface area (Å²) in [5, 5.41) is 1.14. The highest BCUT2D eigenvalue weighted by atomic mass is 35.7. The van der Waals surface area contributed by atoms with Gasteiger partial charge in [0.2, 0.25) is 0 Å². The first-order chi connectivity index (χ1) is 10.3. The molecule has 0 aliphatic rings. The quantitative estimate of drug-likeness (QED) is 0.584. The van der Waals surface area contributed by atoms with Crippen LogP contribution in [0.25, 0.3) is 22.1 Å². The molecule has 5 nitrogen and oxygen atoms in total. The highest BCUT2D eigenvalue weighted by molar-refractivity contribution is 5.82. The molecule has 0 aliphatic heterocycles. The van der Waals surface area contributed by atoms with Gasteiger partial charge in [0.15, 0.2) is 0 Å². The van der Waals surface area contributed by atoms with E-state index in [0.717, 1.165) is 22.3 Å².